The van der Waals surface area contributed by atoms with E-state index in [1.807, 2.05) is 36.4 Å². The summed E-state index contributed by atoms with van der Waals surface area (Å²) in [5.74, 6) is 0.294. The molecule has 4 nitrogen and oxygen atoms in total. The molecule has 0 atom stereocenters. The van der Waals surface area contributed by atoms with Crippen molar-refractivity contribution < 1.29 is 13.9 Å². The van der Waals surface area contributed by atoms with Crippen molar-refractivity contribution in [3.8, 4) is 17.0 Å². The summed E-state index contributed by atoms with van der Waals surface area (Å²) in [6.07, 6.45) is 0.101. The molecule has 0 saturated carbocycles. The molecule has 0 amide bonds. The molecule has 0 aliphatic carbocycles. The molecule has 4 aromatic rings. The summed E-state index contributed by atoms with van der Waals surface area (Å²) in [5, 5.41) is 0.751. The zero-order valence-electron chi connectivity index (χ0n) is 16.0. The molecule has 2 N–H and O–H groups in total. The Morgan fingerprint density at radius 1 is 1.17 bits per heavy atom. The Balaban J connectivity index is 1.70. The second-order valence-electron chi connectivity index (χ2n) is 6.75. The molecule has 0 aliphatic rings. The van der Waals surface area contributed by atoms with Crippen LogP contribution in [0.4, 0.5) is 10.1 Å². The van der Waals surface area contributed by atoms with Crippen molar-refractivity contribution in [2.24, 2.45) is 0 Å². The molecule has 0 fully saturated rings. The number of carbonyl (C=O) groups is 1. The zero-order valence-corrected chi connectivity index (χ0v) is 16.8. The SMILES string of the molecule is COc1cccc(-c2ccc3c(N)c(C(=O)Cc4cccc(F)c4C)sc3n2)c1. The average molecular weight is 406 g/mol. The van der Waals surface area contributed by atoms with E-state index in [9.17, 15) is 9.18 Å². The van der Waals surface area contributed by atoms with Crippen molar-refractivity contribution in [1.82, 2.24) is 4.98 Å². The number of hydrogen-bond donors (Lipinski definition) is 1. The van der Waals surface area contributed by atoms with Gasteiger partial charge in [-0.2, -0.15) is 0 Å². The van der Waals surface area contributed by atoms with Crippen LogP contribution in [-0.4, -0.2) is 17.9 Å². The van der Waals surface area contributed by atoms with Gasteiger partial charge in [0.2, 0.25) is 0 Å². The van der Waals surface area contributed by atoms with Crippen LogP contribution in [0.1, 0.15) is 20.8 Å². The van der Waals surface area contributed by atoms with E-state index in [1.54, 1.807) is 26.2 Å². The number of nitrogens with two attached hydrogens (primary N) is 1. The van der Waals surface area contributed by atoms with E-state index in [0.29, 0.717) is 26.5 Å². The number of hydrogen-bond acceptors (Lipinski definition) is 5. The van der Waals surface area contributed by atoms with Gasteiger partial charge in [-0.25, -0.2) is 9.37 Å². The van der Waals surface area contributed by atoms with Gasteiger partial charge in [0, 0.05) is 17.4 Å². The minimum absolute atomic E-state index is 0.101. The number of ketones is 1. The second kappa shape index (κ2) is 7.64. The van der Waals surface area contributed by atoms with Crippen molar-refractivity contribution in [2.45, 2.75) is 13.3 Å². The number of carbonyl (C=O) groups excluding carboxylic acids is 1. The second-order valence-corrected chi connectivity index (χ2v) is 7.75. The highest BCUT2D eigenvalue weighted by Crippen LogP contribution is 2.35. The highest BCUT2D eigenvalue weighted by atomic mass is 32.1. The Labute approximate surface area is 171 Å². The maximum Gasteiger partial charge on any atom is 0.179 e. The molecule has 0 unspecified atom stereocenters. The highest BCUT2D eigenvalue weighted by Gasteiger charge is 2.19. The third-order valence-corrected chi connectivity index (χ3v) is 6.10. The summed E-state index contributed by atoms with van der Waals surface area (Å²) in [4.78, 5) is 18.7. The van der Waals surface area contributed by atoms with E-state index < -0.39 is 0 Å². The zero-order chi connectivity index (χ0) is 20.5. The summed E-state index contributed by atoms with van der Waals surface area (Å²) in [7, 11) is 1.62. The first-order valence-corrected chi connectivity index (χ1v) is 9.90. The topological polar surface area (TPSA) is 65.2 Å². The van der Waals surface area contributed by atoms with Gasteiger partial charge < -0.3 is 10.5 Å². The number of benzene rings is 2. The lowest BCUT2D eigenvalue weighted by Gasteiger charge is -2.05. The number of rotatable bonds is 5. The molecular formula is C23H19FN2O2S. The summed E-state index contributed by atoms with van der Waals surface area (Å²) in [5.41, 5.74) is 9.52. The van der Waals surface area contributed by atoms with Crippen molar-refractivity contribution in [3.05, 3.63) is 76.4 Å². The Morgan fingerprint density at radius 2 is 1.97 bits per heavy atom. The predicted octanol–water partition coefficient (Wildman–Crippen LogP) is 5.43. The van der Waals surface area contributed by atoms with Crippen LogP contribution in [0.3, 0.4) is 0 Å². The molecule has 6 heteroatoms. The number of halogens is 1. The van der Waals surface area contributed by atoms with Gasteiger partial charge in [0.25, 0.3) is 0 Å². The molecule has 2 heterocycles. The Hall–Kier alpha value is -3.25. The lowest BCUT2D eigenvalue weighted by atomic mass is 10.0. The first-order valence-electron chi connectivity index (χ1n) is 9.08. The normalized spacial score (nSPS) is 11.0. The molecule has 0 aliphatic heterocycles. The van der Waals surface area contributed by atoms with Crippen LogP contribution < -0.4 is 10.5 Å². The fourth-order valence-electron chi connectivity index (χ4n) is 3.24. The monoisotopic (exact) mass is 406 g/mol. The number of aromatic nitrogens is 1. The van der Waals surface area contributed by atoms with Crippen molar-refractivity contribution >= 4 is 33.0 Å². The number of thiophene rings is 1. The average Bonchev–Trinajstić information content (AvgIpc) is 3.07. The summed E-state index contributed by atoms with van der Waals surface area (Å²) in [6, 6.07) is 16.2. The van der Waals surface area contributed by atoms with Crippen LogP contribution in [0.5, 0.6) is 5.75 Å². The fraction of sp³-hybridized carbons (Fsp3) is 0.130. The van der Waals surface area contributed by atoms with Gasteiger partial charge in [-0.3, -0.25) is 4.79 Å². The number of nitrogen functional groups attached to an aromatic ring is 1. The van der Waals surface area contributed by atoms with Gasteiger partial charge in [-0.15, -0.1) is 11.3 Å². The summed E-state index contributed by atoms with van der Waals surface area (Å²) < 4.78 is 19.1. The minimum Gasteiger partial charge on any atom is -0.497 e. The Kier molecular flexibility index (Phi) is 5.03. The number of pyridine rings is 1. The molecule has 29 heavy (non-hydrogen) atoms. The van der Waals surface area contributed by atoms with Gasteiger partial charge in [-0.05, 0) is 48.4 Å². The van der Waals surface area contributed by atoms with E-state index >= 15 is 0 Å². The highest BCUT2D eigenvalue weighted by molar-refractivity contribution is 7.21. The molecule has 0 bridgehead atoms. The molecule has 2 aromatic heterocycles. The van der Waals surface area contributed by atoms with E-state index in [4.69, 9.17) is 15.5 Å². The quantitative estimate of drug-likeness (QED) is 0.449. The standard InChI is InChI=1S/C23H19FN2O2S/c1-13-14(5-4-8-18(13)24)12-20(27)22-21(25)17-9-10-19(26-23(17)29-22)15-6-3-7-16(11-15)28-2/h3-11H,12,25H2,1-2H3. The molecule has 0 saturated heterocycles. The third kappa shape index (κ3) is 3.59. The maximum atomic E-state index is 13.8. The van der Waals surface area contributed by atoms with Gasteiger partial charge in [0.1, 0.15) is 16.4 Å². The number of Topliss-reactive ketones (excluding diaryl/α,β-unsaturated/α-hetero) is 1. The molecule has 2 aromatic carbocycles. The summed E-state index contributed by atoms with van der Waals surface area (Å²) >= 11 is 1.27. The van der Waals surface area contributed by atoms with Crippen molar-refractivity contribution in [2.75, 3.05) is 12.8 Å². The first kappa shape index (κ1) is 19.1. The van der Waals surface area contributed by atoms with E-state index in [-0.39, 0.29) is 18.0 Å². The number of ether oxygens (including phenoxy) is 1. The third-order valence-electron chi connectivity index (χ3n) is 4.94. The summed E-state index contributed by atoms with van der Waals surface area (Å²) in [6.45, 7) is 1.67. The number of methoxy groups -OCH3 is 1. The molecule has 146 valence electrons. The maximum absolute atomic E-state index is 13.8. The van der Waals surface area contributed by atoms with Crippen molar-refractivity contribution in [1.29, 1.82) is 0 Å². The van der Waals surface area contributed by atoms with Crippen LogP contribution in [0, 0.1) is 12.7 Å². The molecular weight excluding hydrogens is 387 g/mol. The van der Waals surface area contributed by atoms with Crippen molar-refractivity contribution in [3.63, 3.8) is 0 Å². The molecule has 0 spiro atoms. The van der Waals surface area contributed by atoms with Gasteiger partial charge >= 0.3 is 0 Å². The van der Waals surface area contributed by atoms with Gasteiger partial charge in [0.05, 0.1) is 23.4 Å². The van der Waals surface area contributed by atoms with Crippen LogP contribution >= 0.6 is 11.3 Å². The van der Waals surface area contributed by atoms with Crippen LogP contribution in [0.25, 0.3) is 21.5 Å². The minimum atomic E-state index is -0.316. The van der Waals surface area contributed by atoms with E-state index in [2.05, 4.69) is 0 Å². The lowest BCUT2D eigenvalue weighted by Crippen LogP contribution is -2.06. The molecule has 0 radical (unpaired) electrons. The van der Waals surface area contributed by atoms with Crippen LogP contribution in [0.15, 0.2) is 54.6 Å². The van der Waals surface area contributed by atoms with Crippen LogP contribution in [-0.2, 0) is 6.42 Å². The van der Waals surface area contributed by atoms with Gasteiger partial charge in [-0.1, -0.05) is 24.3 Å². The fourth-order valence-corrected chi connectivity index (χ4v) is 4.28. The predicted molar refractivity (Wildman–Crippen MR) is 115 cm³/mol. The number of anilines is 1. The Bertz CT molecular complexity index is 1230. The molecule has 4 rings (SSSR count). The number of fused-ring (bicyclic) bond motifs is 1. The first-order chi connectivity index (χ1) is 14.0. The lowest BCUT2D eigenvalue weighted by molar-refractivity contribution is 0.0997. The van der Waals surface area contributed by atoms with Crippen LogP contribution in [0.2, 0.25) is 0 Å². The Morgan fingerprint density at radius 3 is 2.76 bits per heavy atom. The van der Waals surface area contributed by atoms with E-state index in [0.717, 1.165) is 22.4 Å². The number of nitrogens with zero attached hydrogens (tertiary/aromatic N) is 1. The van der Waals surface area contributed by atoms with E-state index in [1.165, 1.54) is 17.4 Å². The van der Waals surface area contributed by atoms with Gasteiger partial charge in [0.15, 0.2) is 5.78 Å². The smallest absolute Gasteiger partial charge is 0.179 e. The largest absolute Gasteiger partial charge is 0.497 e.